The maximum atomic E-state index is 12.6. The summed E-state index contributed by atoms with van der Waals surface area (Å²) in [6.45, 7) is 5.81. The number of hydrogen-bond donors (Lipinski definition) is 0. The van der Waals surface area contributed by atoms with Gasteiger partial charge < -0.3 is 4.90 Å². The maximum Gasteiger partial charge on any atom is 0.228 e. The third-order valence-corrected chi connectivity index (χ3v) is 5.39. The quantitative estimate of drug-likeness (QED) is 0.802. The van der Waals surface area contributed by atoms with Crippen LogP contribution in [0.3, 0.4) is 0 Å². The molecule has 5 heteroatoms. The fourth-order valence-corrected chi connectivity index (χ4v) is 3.42. The molecule has 0 atom stereocenters. The molecule has 2 heterocycles. The van der Waals surface area contributed by atoms with Gasteiger partial charge in [-0.1, -0.05) is 13.3 Å². The normalized spacial score (nSPS) is 23.4. The Labute approximate surface area is 125 Å². The predicted molar refractivity (Wildman–Crippen MR) is 79.0 cm³/mol. The van der Waals surface area contributed by atoms with E-state index in [9.17, 15) is 9.59 Å². The van der Waals surface area contributed by atoms with Crippen LogP contribution >= 0.6 is 0 Å². The molecule has 3 rings (SSSR count). The first kappa shape index (κ1) is 14.3. The van der Waals surface area contributed by atoms with Crippen LogP contribution in [0.1, 0.15) is 56.3 Å². The lowest BCUT2D eigenvalue weighted by Gasteiger charge is -2.45. The van der Waals surface area contributed by atoms with E-state index in [-0.39, 0.29) is 11.0 Å². The summed E-state index contributed by atoms with van der Waals surface area (Å²) in [7, 11) is 0. The second kappa shape index (κ2) is 4.97. The number of piperidine rings is 1. The van der Waals surface area contributed by atoms with E-state index in [1.807, 2.05) is 9.58 Å². The van der Waals surface area contributed by atoms with E-state index in [1.54, 1.807) is 12.4 Å². The molecule has 0 radical (unpaired) electrons. The van der Waals surface area contributed by atoms with Crippen molar-refractivity contribution in [2.45, 2.75) is 51.5 Å². The lowest BCUT2D eigenvalue weighted by atomic mass is 9.69. The molecule has 0 N–H and O–H groups in total. The van der Waals surface area contributed by atoms with E-state index in [2.05, 4.69) is 18.9 Å². The van der Waals surface area contributed by atoms with Crippen LogP contribution < -0.4 is 0 Å². The summed E-state index contributed by atoms with van der Waals surface area (Å²) in [6, 6.07) is 0. The predicted octanol–water partition coefficient (Wildman–Crippen LogP) is 2.22. The van der Waals surface area contributed by atoms with Crippen LogP contribution in [-0.4, -0.2) is 40.0 Å². The molecule has 0 bridgehead atoms. The van der Waals surface area contributed by atoms with E-state index in [1.165, 1.54) is 6.42 Å². The van der Waals surface area contributed by atoms with Gasteiger partial charge in [0.1, 0.15) is 0 Å². The summed E-state index contributed by atoms with van der Waals surface area (Å²) < 4.78 is 1.89. The highest BCUT2D eigenvalue weighted by molar-refractivity contribution is 5.83. The van der Waals surface area contributed by atoms with Gasteiger partial charge >= 0.3 is 0 Å². The van der Waals surface area contributed by atoms with Crippen molar-refractivity contribution in [2.75, 3.05) is 13.1 Å². The minimum Gasteiger partial charge on any atom is -0.342 e. The van der Waals surface area contributed by atoms with Gasteiger partial charge in [-0.3, -0.25) is 14.3 Å². The molecule has 2 fully saturated rings. The van der Waals surface area contributed by atoms with Crippen molar-refractivity contribution in [3.05, 3.63) is 18.0 Å². The van der Waals surface area contributed by atoms with E-state index in [4.69, 9.17) is 0 Å². The molecule has 1 aliphatic carbocycles. The third kappa shape index (κ3) is 2.39. The third-order valence-electron chi connectivity index (χ3n) is 5.39. The van der Waals surface area contributed by atoms with Crippen LogP contribution in [0, 0.1) is 5.41 Å². The lowest BCUT2D eigenvalue weighted by molar-refractivity contribution is -0.148. The SMILES string of the molecule is CC1(C(=O)N2CCC(C)(n3cc(C=O)cn3)CC2)CCC1. The van der Waals surface area contributed by atoms with Gasteiger partial charge in [0.25, 0.3) is 0 Å². The molecular formula is C16H23N3O2. The molecule has 0 aromatic carbocycles. The average Bonchev–Trinajstić information content (AvgIpc) is 2.94. The van der Waals surface area contributed by atoms with Crippen molar-refractivity contribution in [1.29, 1.82) is 0 Å². The minimum absolute atomic E-state index is 0.0987. The van der Waals surface area contributed by atoms with Crippen molar-refractivity contribution in [3.63, 3.8) is 0 Å². The Morgan fingerprint density at radius 1 is 1.24 bits per heavy atom. The summed E-state index contributed by atoms with van der Waals surface area (Å²) in [5.74, 6) is 0.324. The van der Waals surface area contributed by atoms with Gasteiger partial charge in [0.2, 0.25) is 5.91 Å². The van der Waals surface area contributed by atoms with Crippen LogP contribution in [0.4, 0.5) is 0 Å². The number of rotatable bonds is 3. The van der Waals surface area contributed by atoms with Gasteiger partial charge in [0.05, 0.1) is 17.3 Å². The molecule has 2 aliphatic rings. The van der Waals surface area contributed by atoms with Crippen molar-refractivity contribution >= 4 is 12.2 Å². The van der Waals surface area contributed by atoms with Crippen LogP contribution in [0.25, 0.3) is 0 Å². The van der Waals surface area contributed by atoms with Gasteiger partial charge in [-0.15, -0.1) is 0 Å². The van der Waals surface area contributed by atoms with Gasteiger partial charge in [-0.05, 0) is 32.6 Å². The Morgan fingerprint density at radius 2 is 1.90 bits per heavy atom. The molecular weight excluding hydrogens is 266 g/mol. The van der Waals surface area contributed by atoms with Gasteiger partial charge in [0.15, 0.2) is 6.29 Å². The Morgan fingerprint density at radius 3 is 2.38 bits per heavy atom. The van der Waals surface area contributed by atoms with E-state index < -0.39 is 0 Å². The summed E-state index contributed by atoms with van der Waals surface area (Å²) >= 11 is 0. The molecule has 1 aromatic heterocycles. The highest BCUT2D eigenvalue weighted by atomic mass is 16.2. The Kier molecular flexibility index (Phi) is 3.38. The largest absolute Gasteiger partial charge is 0.342 e. The monoisotopic (exact) mass is 289 g/mol. The Hall–Kier alpha value is -1.65. The van der Waals surface area contributed by atoms with Crippen molar-refractivity contribution < 1.29 is 9.59 Å². The summed E-state index contributed by atoms with van der Waals surface area (Å²) in [5.41, 5.74) is 0.402. The highest BCUT2D eigenvalue weighted by Gasteiger charge is 2.44. The Bertz CT molecular complexity index is 552. The molecule has 1 aliphatic heterocycles. The van der Waals surface area contributed by atoms with Gasteiger partial charge in [-0.2, -0.15) is 5.10 Å². The topological polar surface area (TPSA) is 55.2 Å². The fourth-order valence-electron chi connectivity index (χ4n) is 3.42. The first-order valence-electron chi connectivity index (χ1n) is 7.77. The van der Waals surface area contributed by atoms with Crippen molar-refractivity contribution in [3.8, 4) is 0 Å². The molecule has 0 unspecified atom stereocenters. The number of aldehydes is 1. The molecule has 114 valence electrons. The van der Waals surface area contributed by atoms with Crippen molar-refractivity contribution in [2.24, 2.45) is 5.41 Å². The maximum absolute atomic E-state index is 12.6. The lowest BCUT2D eigenvalue weighted by Crippen LogP contribution is -2.52. The van der Waals surface area contributed by atoms with Crippen LogP contribution in [0.2, 0.25) is 0 Å². The number of aromatic nitrogens is 2. The van der Waals surface area contributed by atoms with E-state index in [0.717, 1.165) is 45.1 Å². The molecule has 5 nitrogen and oxygen atoms in total. The number of hydrogen-bond acceptors (Lipinski definition) is 3. The molecule has 1 aromatic rings. The van der Waals surface area contributed by atoms with Crippen molar-refractivity contribution in [1.82, 2.24) is 14.7 Å². The fraction of sp³-hybridized carbons (Fsp3) is 0.688. The zero-order chi connectivity index (χ0) is 15.1. The second-order valence-electron chi connectivity index (χ2n) is 7.04. The van der Waals surface area contributed by atoms with Crippen LogP contribution in [0.5, 0.6) is 0 Å². The van der Waals surface area contributed by atoms with Gasteiger partial charge in [0, 0.05) is 24.7 Å². The number of carbonyl (C=O) groups excluding carboxylic acids is 2. The molecule has 21 heavy (non-hydrogen) atoms. The summed E-state index contributed by atoms with van der Waals surface area (Å²) in [4.78, 5) is 25.4. The van der Waals surface area contributed by atoms with Crippen LogP contribution in [0.15, 0.2) is 12.4 Å². The molecule has 1 amide bonds. The highest BCUT2D eigenvalue weighted by Crippen LogP contribution is 2.43. The second-order valence-corrected chi connectivity index (χ2v) is 7.04. The number of likely N-dealkylation sites (tertiary alicyclic amines) is 1. The Balaban J connectivity index is 1.66. The van der Waals surface area contributed by atoms with Crippen LogP contribution in [-0.2, 0) is 10.3 Å². The first-order chi connectivity index (χ1) is 9.97. The standard InChI is InChI=1S/C16H23N3O2/c1-15(4-3-5-15)14(21)18-8-6-16(2,7-9-18)19-11-13(12-20)10-17-19/h10-12H,3-9H2,1-2H3. The zero-order valence-electron chi connectivity index (χ0n) is 12.8. The zero-order valence-corrected chi connectivity index (χ0v) is 12.8. The number of nitrogens with zero attached hydrogens (tertiary/aromatic N) is 3. The molecule has 1 saturated heterocycles. The summed E-state index contributed by atoms with van der Waals surface area (Å²) in [6.07, 6.45) is 9.23. The van der Waals surface area contributed by atoms with Gasteiger partial charge in [-0.25, -0.2) is 0 Å². The molecule has 1 saturated carbocycles. The number of carbonyl (C=O) groups is 2. The smallest absolute Gasteiger partial charge is 0.228 e. The summed E-state index contributed by atoms with van der Waals surface area (Å²) in [5, 5.41) is 4.31. The molecule has 0 spiro atoms. The first-order valence-corrected chi connectivity index (χ1v) is 7.77. The average molecular weight is 289 g/mol. The van der Waals surface area contributed by atoms with E-state index in [0.29, 0.717) is 11.5 Å². The number of amides is 1. The van der Waals surface area contributed by atoms with E-state index >= 15 is 0 Å². The minimum atomic E-state index is -0.107.